The van der Waals surface area contributed by atoms with Gasteiger partial charge in [0.15, 0.2) is 9.84 Å². The van der Waals surface area contributed by atoms with Gasteiger partial charge in [-0.05, 0) is 25.1 Å². The number of hydrogen-bond acceptors (Lipinski definition) is 6. The molecule has 21 heavy (non-hydrogen) atoms. The maximum atomic E-state index is 12.4. The van der Waals surface area contributed by atoms with Crippen molar-refractivity contribution >= 4 is 19.9 Å². The zero-order valence-electron chi connectivity index (χ0n) is 11.9. The minimum atomic E-state index is -3.75. The molecular formula is C12H20N2O5S2. The Balaban J connectivity index is 2.06. The average molecular weight is 336 g/mol. The topological polar surface area (TPSA) is 96.7 Å². The van der Waals surface area contributed by atoms with Gasteiger partial charge in [-0.2, -0.15) is 4.31 Å². The normalized spacial score (nSPS) is 19.7. The van der Waals surface area contributed by atoms with Crippen molar-refractivity contribution in [2.45, 2.75) is 25.0 Å². The van der Waals surface area contributed by atoms with Gasteiger partial charge in [0.1, 0.15) is 5.76 Å². The summed E-state index contributed by atoms with van der Waals surface area (Å²) in [6.07, 6.45) is 0.980. The number of rotatable bonds is 6. The van der Waals surface area contributed by atoms with Gasteiger partial charge >= 0.3 is 0 Å². The van der Waals surface area contributed by atoms with Crippen LogP contribution in [0.25, 0.3) is 0 Å². The molecule has 0 aromatic carbocycles. The zero-order valence-corrected chi connectivity index (χ0v) is 13.5. The summed E-state index contributed by atoms with van der Waals surface area (Å²) in [7, 11) is -6.86. The lowest BCUT2D eigenvalue weighted by atomic mass is 10.4. The molecule has 2 heterocycles. The van der Waals surface area contributed by atoms with Crippen LogP contribution in [0, 0.1) is 0 Å². The monoisotopic (exact) mass is 336 g/mol. The molecule has 1 aromatic rings. The average Bonchev–Trinajstić information content (AvgIpc) is 2.88. The predicted octanol–water partition coefficient (Wildman–Crippen LogP) is 0.198. The molecule has 0 bridgehead atoms. The molecule has 1 fully saturated rings. The van der Waals surface area contributed by atoms with E-state index in [1.807, 2.05) is 6.92 Å². The van der Waals surface area contributed by atoms with Crippen LogP contribution in [0.5, 0.6) is 0 Å². The first-order valence-corrected chi connectivity index (χ1v) is 10.1. The molecule has 0 spiro atoms. The summed E-state index contributed by atoms with van der Waals surface area (Å²) in [5, 5.41) is 3.00. The van der Waals surface area contributed by atoms with Gasteiger partial charge in [0.05, 0.1) is 18.1 Å². The van der Waals surface area contributed by atoms with E-state index in [9.17, 15) is 16.8 Å². The lowest BCUT2D eigenvalue weighted by molar-refractivity contribution is 0.370. The summed E-state index contributed by atoms with van der Waals surface area (Å²) in [6.45, 7) is 3.30. The molecule has 1 aromatic heterocycles. The Labute approximate surface area is 125 Å². The lowest BCUT2D eigenvalue weighted by Crippen LogP contribution is -2.43. The van der Waals surface area contributed by atoms with Crippen molar-refractivity contribution in [3.63, 3.8) is 0 Å². The van der Waals surface area contributed by atoms with Gasteiger partial charge < -0.3 is 9.73 Å². The second kappa shape index (κ2) is 6.47. The molecule has 0 radical (unpaired) electrons. The predicted molar refractivity (Wildman–Crippen MR) is 78.1 cm³/mol. The van der Waals surface area contributed by atoms with E-state index < -0.39 is 19.9 Å². The summed E-state index contributed by atoms with van der Waals surface area (Å²) < 4.78 is 54.0. The van der Waals surface area contributed by atoms with E-state index in [0.29, 0.717) is 12.3 Å². The molecule has 120 valence electrons. The van der Waals surface area contributed by atoms with E-state index in [0.717, 1.165) is 17.3 Å². The molecular weight excluding hydrogens is 316 g/mol. The van der Waals surface area contributed by atoms with Gasteiger partial charge in [-0.1, -0.05) is 6.92 Å². The Kier molecular flexibility index (Phi) is 5.07. The minimum Gasteiger partial charge on any atom is -0.447 e. The maximum Gasteiger partial charge on any atom is 0.276 e. The molecule has 0 unspecified atom stereocenters. The summed E-state index contributed by atoms with van der Waals surface area (Å²) >= 11 is 0. The quantitative estimate of drug-likeness (QED) is 0.745. The van der Waals surface area contributed by atoms with Crippen LogP contribution in [0.15, 0.2) is 21.6 Å². The van der Waals surface area contributed by atoms with Crippen LogP contribution in [0.4, 0.5) is 0 Å². The second-order valence-electron chi connectivity index (χ2n) is 4.95. The number of hydrogen-bond donors (Lipinski definition) is 1. The summed E-state index contributed by atoms with van der Waals surface area (Å²) in [4.78, 5) is 0. The van der Waals surface area contributed by atoms with Crippen molar-refractivity contribution in [3.05, 3.63) is 17.9 Å². The highest BCUT2D eigenvalue weighted by molar-refractivity contribution is 7.92. The van der Waals surface area contributed by atoms with Gasteiger partial charge in [-0.15, -0.1) is 0 Å². The van der Waals surface area contributed by atoms with Gasteiger partial charge in [-0.25, -0.2) is 16.8 Å². The molecule has 1 aliphatic rings. The van der Waals surface area contributed by atoms with Crippen molar-refractivity contribution in [1.82, 2.24) is 9.62 Å². The number of sulfone groups is 1. The molecule has 0 atom stereocenters. The Bertz CT molecular complexity index is 664. The number of nitrogens with zero attached hydrogens (tertiary/aromatic N) is 1. The molecule has 9 heteroatoms. The van der Waals surface area contributed by atoms with Gasteiger partial charge in [0.2, 0.25) is 5.09 Å². The van der Waals surface area contributed by atoms with Gasteiger partial charge in [0.25, 0.3) is 10.0 Å². The maximum absolute atomic E-state index is 12.4. The van der Waals surface area contributed by atoms with E-state index in [-0.39, 0.29) is 29.7 Å². The first-order chi connectivity index (χ1) is 9.85. The Morgan fingerprint density at radius 1 is 1.29 bits per heavy atom. The van der Waals surface area contributed by atoms with Crippen LogP contribution < -0.4 is 5.32 Å². The fourth-order valence-corrected chi connectivity index (χ4v) is 4.85. The highest BCUT2D eigenvalue weighted by atomic mass is 32.2. The van der Waals surface area contributed by atoms with Crippen molar-refractivity contribution < 1.29 is 21.3 Å². The molecule has 0 amide bonds. The summed E-state index contributed by atoms with van der Waals surface area (Å²) in [6, 6.07) is 3.04. The number of nitrogens with one attached hydrogen (secondary N) is 1. The molecule has 1 saturated heterocycles. The second-order valence-corrected chi connectivity index (χ2v) is 9.13. The van der Waals surface area contributed by atoms with Crippen molar-refractivity contribution in [2.75, 3.05) is 31.1 Å². The van der Waals surface area contributed by atoms with E-state index in [1.54, 1.807) is 6.07 Å². The van der Waals surface area contributed by atoms with E-state index in [1.165, 1.54) is 6.07 Å². The summed E-state index contributed by atoms with van der Waals surface area (Å²) in [5.41, 5.74) is 0. The Hall–Kier alpha value is -0.900. The minimum absolute atomic E-state index is 0.0191. The molecule has 7 nitrogen and oxygen atoms in total. The largest absolute Gasteiger partial charge is 0.447 e. The van der Waals surface area contributed by atoms with E-state index >= 15 is 0 Å². The highest BCUT2D eigenvalue weighted by Gasteiger charge is 2.33. The number of sulfonamides is 1. The standard InChI is InChI=1S/C12H20N2O5S2/c1-2-5-13-10-11-3-4-12(19-11)21(17,18)14-6-8-20(15,16)9-7-14/h3-4,13H,2,5-10H2,1H3. The molecule has 0 saturated carbocycles. The van der Waals surface area contributed by atoms with Crippen LogP contribution in [0.1, 0.15) is 19.1 Å². The Morgan fingerprint density at radius 2 is 1.95 bits per heavy atom. The van der Waals surface area contributed by atoms with Crippen molar-refractivity contribution in [1.29, 1.82) is 0 Å². The molecule has 1 N–H and O–H groups in total. The van der Waals surface area contributed by atoms with Gasteiger partial charge in [0, 0.05) is 13.1 Å². The first kappa shape index (κ1) is 16.5. The van der Waals surface area contributed by atoms with E-state index in [4.69, 9.17) is 4.42 Å². The molecule has 1 aliphatic heterocycles. The fraction of sp³-hybridized carbons (Fsp3) is 0.667. The van der Waals surface area contributed by atoms with Crippen molar-refractivity contribution in [3.8, 4) is 0 Å². The third kappa shape index (κ3) is 4.06. The lowest BCUT2D eigenvalue weighted by Gasteiger charge is -2.24. The van der Waals surface area contributed by atoms with Crippen LogP contribution in [0.3, 0.4) is 0 Å². The SMILES string of the molecule is CCCNCc1ccc(S(=O)(=O)N2CCS(=O)(=O)CC2)o1. The van der Waals surface area contributed by atoms with Crippen molar-refractivity contribution in [2.24, 2.45) is 0 Å². The smallest absolute Gasteiger partial charge is 0.276 e. The first-order valence-electron chi connectivity index (χ1n) is 6.85. The highest BCUT2D eigenvalue weighted by Crippen LogP contribution is 2.20. The van der Waals surface area contributed by atoms with Crippen LogP contribution in [-0.2, 0) is 26.4 Å². The fourth-order valence-electron chi connectivity index (χ4n) is 2.04. The van der Waals surface area contributed by atoms with Crippen LogP contribution in [0.2, 0.25) is 0 Å². The number of furan rings is 1. The molecule has 2 rings (SSSR count). The van der Waals surface area contributed by atoms with Crippen LogP contribution in [-0.4, -0.2) is 52.3 Å². The van der Waals surface area contributed by atoms with Gasteiger partial charge in [-0.3, -0.25) is 0 Å². The van der Waals surface area contributed by atoms with E-state index in [2.05, 4.69) is 5.32 Å². The molecule has 0 aliphatic carbocycles. The summed E-state index contributed by atoms with van der Waals surface area (Å²) in [5.74, 6) is 0.266. The zero-order chi connectivity index (χ0) is 15.5. The Morgan fingerprint density at radius 3 is 2.57 bits per heavy atom. The third-order valence-electron chi connectivity index (χ3n) is 3.26. The third-order valence-corrected chi connectivity index (χ3v) is 6.64. The van der Waals surface area contributed by atoms with Crippen LogP contribution >= 0.6 is 0 Å².